The highest BCUT2D eigenvalue weighted by Gasteiger charge is 2.20. The Bertz CT molecular complexity index is 534. The van der Waals surface area contributed by atoms with E-state index >= 15 is 0 Å². The van der Waals surface area contributed by atoms with E-state index < -0.39 is 0 Å². The normalized spacial score (nSPS) is 14.4. The summed E-state index contributed by atoms with van der Waals surface area (Å²) in [7, 11) is 0. The van der Waals surface area contributed by atoms with E-state index in [4.69, 9.17) is 9.47 Å². The summed E-state index contributed by atoms with van der Waals surface area (Å²) in [6.45, 7) is 9.14. The summed E-state index contributed by atoms with van der Waals surface area (Å²) >= 11 is 0. The fourth-order valence-corrected chi connectivity index (χ4v) is 2.20. The van der Waals surface area contributed by atoms with Gasteiger partial charge in [-0.1, -0.05) is 6.07 Å². The van der Waals surface area contributed by atoms with Gasteiger partial charge < -0.3 is 20.1 Å². The molecule has 0 aromatic heterocycles. The first-order chi connectivity index (χ1) is 10.9. The minimum atomic E-state index is -0.262. The lowest BCUT2D eigenvalue weighted by Crippen LogP contribution is -2.43. The summed E-state index contributed by atoms with van der Waals surface area (Å²) in [4.78, 5) is 11.9. The molecule has 1 saturated carbocycles. The van der Waals surface area contributed by atoms with Gasteiger partial charge in [0.2, 0.25) is 0 Å². The van der Waals surface area contributed by atoms with Crippen molar-refractivity contribution in [3.63, 3.8) is 0 Å². The van der Waals surface area contributed by atoms with Gasteiger partial charge in [0.25, 0.3) is 5.91 Å². The second kappa shape index (κ2) is 7.68. The quantitative estimate of drug-likeness (QED) is 0.773. The van der Waals surface area contributed by atoms with E-state index in [-0.39, 0.29) is 18.1 Å². The molecule has 0 spiro atoms. The number of rotatable bonds is 8. The SMILES string of the molecule is CCOc1cc(CNC2CC2)ccc1OCC(=O)NC(C)(C)C. The highest BCUT2D eigenvalue weighted by molar-refractivity contribution is 5.78. The largest absolute Gasteiger partial charge is 0.490 e. The van der Waals surface area contributed by atoms with E-state index in [1.165, 1.54) is 12.8 Å². The molecule has 5 heteroatoms. The summed E-state index contributed by atoms with van der Waals surface area (Å²) in [5, 5.41) is 6.35. The fraction of sp³-hybridized carbons (Fsp3) is 0.611. The van der Waals surface area contributed by atoms with Crippen molar-refractivity contribution < 1.29 is 14.3 Å². The Morgan fingerprint density at radius 1 is 1.22 bits per heavy atom. The Hall–Kier alpha value is -1.75. The van der Waals surface area contributed by atoms with Crippen LogP contribution in [0.5, 0.6) is 11.5 Å². The third-order valence-electron chi connectivity index (χ3n) is 3.35. The molecular weight excluding hydrogens is 292 g/mol. The van der Waals surface area contributed by atoms with Crippen LogP contribution in [0.4, 0.5) is 0 Å². The summed E-state index contributed by atoms with van der Waals surface area (Å²) in [6.07, 6.45) is 2.53. The Kier molecular flexibility index (Phi) is 5.88. The summed E-state index contributed by atoms with van der Waals surface area (Å²) < 4.78 is 11.3. The van der Waals surface area contributed by atoms with Crippen molar-refractivity contribution >= 4 is 5.91 Å². The second-order valence-electron chi connectivity index (χ2n) is 6.96. The topological polar surface area (TPSA) is 59.6 Å². The van der Waals surface area contributed by atoms with Crippen molar-refractivity contribution in [3.05, 3.63) is 23.8 Å². The number of benzene rings is 1. The molecule has 5 nitrogen and oxygen atoms in total. The average molecular weight is 320 g/mol. The maximum atomic E-state index is 11.9. The minimum Gasteiger partial charge on any atom is -0.490 e. The molecule has 0 aliphatic heterocycles. The van der Waals surface area contributed by atoms with Crippen LogP contribution >= 0.6 is 0 Å². The van der Waals surface area contributed by atoms with Crippen molar-refractivity contribution in [2.24, 2.45) is 0 Å². The fourth-order valence-electron chi connectivity index (χ4n) is 2.20. The Morgan fingerprint density at radius 2 is 1.96 bits per heavy atom. The van der Waals surface area contributed by atoms with Crippen LogP contribution in [0.25, 0.3) is 0 Å². The molecule has 1 fully saturated rings. The molecule has 1 aromatic carbocycles. The molecule has 1 amide bonds. The van der Waals surface area contributed by atoms with Gasteiger partial charge in [-0.15, -0.1) is 0 Å². The Morgan fingerprint density at radius 3 is 2.57 bits per heavy atom. The molecule has 0 radical (unpaired) electrons. The van der Waals surface area contributed by atoms with Crippen molar-refractivity contribution in [3.8, 4) is 11.5 Å². The smallest absolute Gasteiger partial charge is 0.258 e. The molecule has 0 saturated heterocycles. The molecule has 23 heavy (non-hydrogen) atoms. The molecular formula is C18H28N2O3. The Balaban J connectivity index is 1.94. The maximum absolute atomic E-state index is 11.9. The highest BCUT2D eigenvalue weighted by Crippen LogP contribution is 2.29. The standard InChI is InChI=1S/C18H28N2O3/c1-5-22-16-10-13(11-19-14-7-8-14)6-9-15(16)23-12-17(21)20-18(2,3)4/h6,9-10,14,19H,5,7-8,11-12H2,1-4H3,(H,20,21). The van der Waals surface area contributed by atoms with Crippen LogP contribution in [0.1, 0.15) is 46.1 Å². The van der Waals surface area contributed by atoms with Crippen molar-refractivity contribution in [2.45, 2.75) is 58.7 Å². The van der Waals surface area contributed by atoms with E-state index in [1.807, 2.05) is 45.9 Å². The zero-order valence-corrected chi connectivity index (χ0v) is 14.6. The molecule has 1 aliphatic rings. The van der Waals surface area contributed by atoms with Gasteiger partial charge >= 0.3 is 0 Å². The molecule has 1 aliphatic carbocycles. The molecule has 2 rings (SSSR count). The van der Waals surface area contributed by atoms with Crippen LogP contribution in [-0.2, 0) is 11.3 Å². The number of carbonyl (C=O) groups excluding carboxylic acids is 1. The summed E-state index contributed by atoms with van der Waals surface area (Å²) in [6, 6.07) is 6.53. The van der Waals surface area contributed by atoms with E-state index in [1.54, 1.807) is 0 Å². The van der Waals surface area contributed by atoms with Crippen LogP contribution in [-0.4, -0.2) is 30.7 Å². The van der Waals surface area contributed by atoms with Crippen molar-refractivity contribution in [1.82, 2.24) is 10.6 Å². The molecule has 0 heterocycles. The van der Waals surface area contributed by atoms with Crippen molar-refractivity contribution in [1.29, 1.82) is 0 Å². The van der Waals surface area contributed by atoms with E-state index in [9.17, 15) is 4.79 Å². The molecule has 128 valence electrons. The summed E-state index contributed by atoms with van der Waals surface area (Å²) in [5.74, 6) is 1.15. The van der Waals surface area contributed by atoms with Gasteiger partial charge in [-0.05, 0) is 58.2 Å². The van der Waals surface area contributed by atoms with Crippen LogP contribution in [0, 0.1) is 0 Å². The van der Waals surface area contributed by atoms with E-state index in [0.29, 0.717) is 24.1 Å². The number of hydrogen-bond donors (Lipinski definition) is 2. The number of hydrogen-bond acceptors (Lipinski definition) is 4. The van der Waals surface area contributed by atoms with Gasteiger partial charge in [-0.2, -0.15) is 0 Å². The third kappa shape index (κ3) is 6.48. The monoisotopic (exact) mass is 320 g/mol. The molecule has 2 N–H and O–H groups in total. The van der Waals surface area contributed by atoms with Gasteiger partial charge in [0.1, 0.15) is 0 Å². The van der Waals surface area contributed by atoms with Gasteiger partial charge in [0.05, 0.1) is 6.61 Å². The number of nitrogens with one attached hydrogen (secondary N) is 2. The zero-order chi connectivity index (χ0) is 16.9. The molecule has 1 aromatic rings. The first-order valence-electron chi connectivity index (χ1n) is 8.30. The molecule has 0 unspecified atom stereocenters. The number of amides is 1. The van der Waals surface area contributed by atoms with Gasteiger partial charge in [-0.3, -0.25) is 4.79 Å². The van der Waals surface area contributed by atoms with Crippen molar-refractivity contribution in [2.75, 3.05) is 13.2 Å². The van der Waals surface area contributed by atoms with E-state index in [2.05, 4.69) is 10.6 Å². The predicted molar refractivity (Wildman–Crippen MR) is 90.9 cm³/mol. The Labute approximate surface area is 138 Å². The van der Waals surface area contributed by atoms with Gasteiger partial charge in [0.15, 0.2) is 18.1 Å². The zero-order valence-electron chi connectivity index (χ0n) is 14.6. The minimum absolute atomic E-state index is 0.0169. The maximum Gasteiger partial charge on any atom is 0.258 e. The predicted octanol–water partition coefficient (Wildman–Crippen LogP) is 2.63. The lowest BCUT2D eigenvalue weighted by Gasteiger charge is -2.21. The first-order valence-corrected chi connectivity index (χ1v) is 8.30. The second-order valence-corrected chi connectivity index (χ2v) is 6.96. The lowest BCUT2D eigenvalue weighted by atomic mass is 10.1. The van der Waals surface area contributed by atoms with Crippen LogP contribution in [0.15, 0.2) is 18.2 Å². The van der Waals surface area contributed by atoms with Gasteiger partial charge in [0, 0.05) is 18.1 Å². The molecule has 0 atom stereocenters. The lowest BCUT2D eigenvalue weighted by molar-refractivity contribution is -0.124. The third-order valence-corrected chi connectivity index (χ3v) is 3.35. The van der Waals surface area contributed by atoms with E-state index in [0.717, 1.165) is 12.1 Å². The van der Waals surface area contributed by atoms with Gasteiger partial charge in [-0.25, -0.2) is 0 Å². The van der Waals surface area contributed by atoms with Crippen LogP contribution in [0.2, 0.25) is 0 Å². The number of carbonyl (C=O) groups is 1. The molecule has 0 bridgehead atoms. The highest BCUT2D eigenvalue weighted by atomic mass is 16.5. The van der Waals surface area contributed by atoms with Crippen LogP contribution < -0.4 is 20.1 Å². The van der Waals surface area contributed by atoms with Crippen LogP contribution in [0.3, 0.4) is 0 Å². The summed E-state index contributed by atoms with van der Waals surface area (Å²) in [5.41, 5.74) is 0.897. The number of ether oxygens (including phenoxy) is 2. The first kappa shape index (κ1) is 17.6. The average Bonchev–Trinajstić information content (AvgIpc) is 3.27.